The predicted molar refractivity (Wildman–Crippen MR) is 73.7 cm³/mol. The minimum atomic E-state index is -0.280. The third kappa shape index (κ3) is 2.18. The molecule has 2 aliphatic rings. The zero-order valence-electron chi connectivity index (χ0n) is 10.5. The molecule has 0 aliphatic carbocycles. The van der Waals surface area contributed by atoms with E-state index in [0.717, 1.165) is 6.42 Å². The van der Waals surface area contributed by atoms with Crippen LogP contribution >= 0.6 is 22.9 Å². The van der Waals surface area contributed by atoms with Crippen molar-refractivity contribution in [2.75, 3.05) is 32.9 Å². The molecule has 1 aromatic heterocycles. The summed E-state index contributed by atoms with van der Waals surface area (Å²) in [6.07, 6.45) is 0.905. The van der Waals surface area contributed by atoms with E-state index in [1.165, 1.54) is 11.3 Å². The fourth-order valence-corrected chi connectivity index (χ4v) is 4.17. The maximum Gasteiger partial charge on any atom is 0.265 e. The number of hydrogen-bond donors (Lipinski definition) is 1. The molecule has 6 heteroatoms. The van der Waals surface area contributed by atoms with E-state index < -0.39 is 0 Å². The topological polar surface area (TPSA) is 49.8 Å². The van der Waals surface area contributed by atoms with Crippen LogP contribution in [0.4, 0.5) is 0 Å². The number of thiophene rings is 1. The molecule has 0 unspecified atom stereocenters. The highest BCUT2D eigenvalue weighted by atomic mass is 35.5. The molecule has 0 spiro atoms. The molecular formula is C13H16ClNO3S. The minimum Gasteiger partial charge on any atom is -0.396 e. The highest BCUT2D eigenvalue weighted by molar-refractivity contribution is 7.12. The number of aliphatic hydroxyl groups is 1. The van der Waals surface area contributed by atoms with Gasteiger partial charge in [0.2, 0.25) is 0 Å². The predicted octanol–water partition coefficient (Wildman–Crippen LogP) is 1.87. The van der Waals surface area contributed by atoms with Crippen molar-refractivity contribution in [3.05, 3.63) is 21.3 Å². The molecule has 2 fully saturated rings. The van der Waals surface area contributed by atoms with Gasteiger partial charge in [-0.25, -0.2) is 0 Å². The summed E-state index contributed by atoms with van der Waals surface area (Å²) in [6, 6.07) is 1.74. The van der Waals surface area contributed by atoms with Gasteiger partial charge in [-0.3, -0.25) is 4.79 Å². The van der Waals surface area contributed by atoms with E-state index in [0.29, 0.717) is 42.1 Å². The van der Waals surface area contributed by atoms with Gasteiger partial charge in [0.05, 0.1) is 18.2 Å². The number of rotatable bonds is 2. The normalized spacial score (nSPS) is 30.4. The Bertz CT molecular complexity index is 492. The molecule has 3 rings (SSSR count). The summed E-state index contributed by atoms with van der Waals surface area (Å²) in [5.41, 5.74) is -0.280. The van der Waals surface area contributed by atoms with Crippen molar-refractivity contribution < 1.29 is 14.6 Å². The standard InChI is InChI=1S/C13H16ClNO3S/c14-10-2-4-19-11(10)12(17)15-5-9-1-3-18-8-13(9,6-15)7-16/h2,4,9,16H,1,3,5-8H2/t9-,13+/m0/s1. The summed E-state index contributed by atoms with van der Waals surface area (Å²) in [5, 5.41) is 12.0. The van der Waals surface area contributed by atoms with E-state index in [-0.39, 0.29) is 17.9 Å². The summed E-state index contributed by atoms with van der Waals surface area (Å²) in [5.74, 6) is 0.302. The van der Waals surface area contributed by atoms with Gasteiger partial charge >= 0.3 is 0 Å². The molecule has 2 saturated heterocycles. The third-order valence-electron chi connectivity index (χ3n) is 4.23. The molecule has 0 bridgehead atoms. The number of aliphatic hydroxyl groups excluding tert-OH is 1. The van der Waals surface area contributed by atoms with Crippen LogP contribution in [0.5, 0.6) is 0 Å². The summed E-state index contributed by atoms with van der Waals surface area (Å²) < 4.78 is 5.50. The number of amides is 1. The zero-order chi connectivity index (χ0) is 13.5. The Labute approximate surface area is 120 Å². The van der Waals surface area contributed by atoms with Crippen LogP contribution in [0.3, 0.4) is 0 Å². The lowest BCUT2D eigenvalue weighted by Gasteiger charge is -2.36. The van der Waals surface area contributed by atoms with Gasteiger partial charge in [-0.2, -0.15) is 0 Å². The molecular weight excluding hydrogens is 286 g/mol. The monoisotopic (exact) mass is 301 g/mol. The molecule has 3 heterocycles. The molecule has 104 valence electrons. The van der Waals surface area contributed by atoms with Gasteiger partial charge in [0, 0.05) is 25.1 Å². The SMILES string of the molecule is O=C(c1sccc1Cl)N1C[C@@H]2CCOC[C@]2(CO)C1. The van der Waals surface area contributed by atoms with Crippen LogP contribution in [0, 0.1) is 11.3 Å². The Morgan fingerprint density at radius 1 is 1.68 bits per heavy atom. The lowest BCUT2D eigenvalue weighted by atomic mass is 9.76. The quantitative estimate of drug-likeness (QED) is 0.907. The lowest BCUT2D eigenvalue weighted by molar-refractivity contribution is -0.0556. The molecule has 0 aromatic carbocycles. The highest BCUT2D eigenvalue weighted by Gasteiger charge is 2.49. The van der Waals surface area contributed by atoms with Crippen molar-refractivity contribution in [1.29, 1.82) is 0 Å². The van der Waals surface area contributed by atoms with E-state index in [1.54, 1.807) is 6.07 Å². The molecule has 0 radical (unpaired) electrons. The van der Waals surface area contributed by atoms with Crippen molar-refractivity contribution in [3.8, 4) is 0 Å². The first-order valence-electron chi connectivity index (χ1n) is 6.37. The van der Waals surface area contributed by atoms with Crippen molar-refractivity contribution in [2.24, 2.45) is 11.3 Å². The highest BCUT2D eigenvalue weighted by Crippen LogP contribution is 2.42. The van der Waals surface area contributed by atoms with Gasteiger partial charge in [0.1, 0.15) is 4.88 Å². The number of carbonyl (C=O) groups excluding carboxylic acids is 1. The Kier molecular flexibility index (Phi) is 3.55. The number of hydrogen-bond acceptors (Lipinski definition) is 4. The Balaban J connectivity index is 1.81. The first-order valence-corrected chi connectivity index (χ1v) is 7.63. The average molecular weight is 302 g/mol. The van der Waals surface area contributed by atoms with E-state index in [9.17, 15) is 9.90 Å². The molecule has 0 saturated carbocycles. The first-order chi connectivity index (χ1) is 9.16. The van der Waals surface area contributed by atoms with Gasteiger partial charge in [-0.05, 0) is 23.8 Å². The zero-order valence-corrected chi connectivity index (χ0v) is 12.0. The molecule has 2 atom stereocenters. The molecule has 19 heavy (non-hydrogen) atoms. The number of halogens is 1. The van der Waals surface area contributed by atoms with Crippen LogP contribution in [0.25, 0.3) is 0 Å². The maximum absolute atomic E-state index is 12.5. The van der Waals surface area contributed by atoms with E-state index >= 15 is 0 Å². The second-order valence-electron chi connectivity index (χ2n) is 5.34. The third-order valence-corrected chi connectivity index (χ3v) is 5.56. The van der Waals surface area contributed by atoms with E-state index in [1.807, 2.05) is 10.3 Å². The first kappa shape index (κ1) is 13.4. The fourth-order valence-electron chi connectivity index (χ4n) is 3.06. The van der Waals surface area contributed by atoms with Crippen LogP contribution in [0.15, 0.2) is 11.4 Å². The van der Waals surface area contributed by atoms with Gasteiger partial charge in [0.15, 0.2) is 0 Å². The molecule has 2 aliphatic heterocycles. The van der Waals surface area contributed by atoms with Crippen LogP contribution in [-0.2, 0) is 4.74 Å². The Morgan fingerprint density at radius 3 is 3.16 bits per heavy atom. The summed E-state index contributed by atoms with van der Waals surface area (Å²) in [4.78, 5) is 14.9. The van der Waals surface area contributed by atoms with Crippen molar-refractivity contribution in [2.45, 2.75) is 6.42 Å². The van der Waals surface area contributed by atoms with Gasteiger partial charge < -0.3 is 14.7 Å². The summed E-state index contributed by atoms with van der Waals surface area (Å²) >= 11 is 7.39. The van der Waals surface area contributed by atoms with Gasteiger partial charge in [0.25, 0.3) is 5.91 Å². The van der Waals surface area contributed by atoms with Crippen molar-refractivity contribution in [1.82, 2.24) is 4.90 Å². The number of ether oxygens (including phenoxy) is 1. The average Bonchev–Trinajstić information content (AvgIpc) is 3.01. The second-order valence-corrected chi connectivity index (χ2v) is 6.67. The molecule has 1 aromatic rings. The van der Waals surface area contributed by atoms with Crippen molar-refractivity contribution in [3.63, 3.8) is 0 Å². The molecule has 4 nitrogen and oxygen atoms in total. The minimum absolute atomic E-state index is 0.0257. The lowest BCUT2D eigenvalue weighted by Crippen LogP contribution is -2.43. The number of carbonyl (C=O) groups is 1. The molecule has 1 N–H and O–H groups in total. The number of fused-ring (bicyclic) bond motifs is 1. The van der Waals surface area contributed by atoms with Crippen LogP contribution in [-0.4, -0.2) is 48.8 Å². The van der Waals surface area contributed by atoms with Crippen LogP contribution in [0.2, 0.25) is 5.02 Å². The van der Waals surface area contributed by atoms with Crippen molar-refractivity contribution >= 4 is 28.8 Å². The van der Waals surface area contributed by atoms with E-state index in [4.69, 9.17) is 16.3 Å². The largest absolute Gasteiger partial charge is 0.396 e. The van der Waals surface area contributed by atoms with Gasteiger partial charge in [-0.15, -0.1) is 11.3 Å². The van der Waals surface area contributed by atoms with Crippen LogP contribution < -0.4 is 0 Å². The summed E-state index contributed by atoms with van der Waals surface area (Å²) in [7, 11) is 0. The number of nitrogens with zero attached hydrogens (tertiary/aromatic N) is 1. The van der Waals surface area contributed by atoms with Gasteiger partial charge in [-0.1, -0.05) is 11.6 Å². The summed E-state index contributed by atoms with van der Waals surface area (Å²) in [6.45, 7) is 2.57. The fraction of sp³-hybridized carbons (Fsp3) is 0.615. The molecule has 1 amide bonds. The van der Waals surface area contributed by atoms with E-state index in [2.05, 4.69) is 0 Å². The maximum atomic E-state index is 12.5. The Morgan fingerprint density at radius 2 is 2.53 bits per heavy atom. The van der Waals surface area contributed by atoms with Crippen LogP contribution in [0.1, 0.15) is 16.1 Å². The Hall–Kier alpha value is -0.620. The smallest absolute Gasteiger partial charge is 0.265 e. The number of likely N-dealkylation sites (tertiary alicyclic amines) is 1. The second kappa shape index (κ2) is 5.05.